The molecule has 0 aliphatic heterocycles. The van der Waals surface area contributed by atoms with E-state index in [-0.39, 0.29) is 10.5 Å². The molecule has 0 amide bonds. The second-order valence-electron chi connectivity index (χ2n) is 4.51. The van der Waals surface area contributed by atoms with E-state index in [1.807, 2.05) is 26.0 Å². The number of anilines is 1. The summed E-state index contributed by atoms with van der Waals surface area (Å²) in [5.74, 6) is 0. The maximum Gasteiger partial charge on any atom is 0.417 e. The van der Waals surface area contributed by atoms with E-state index in [1.165, 1.54) is 10.9 Å². The van der Waals surface area contributed by atoms with Crippen LogP contribution in [-0.4, -0.2) is 0 Å². The molecule has 108 valence electrons. The minimum atomic E-state index is -4.36. The zero-order valence-electron chi connectivity index (χ0n) is 10.9. The Morgan fingerprint density at radius 1 is 1.20 bits per heavy atom. The van der Waals surface area contributed by atoms with E-state index in [4.69, 9.17) is 0 Å². The predicted molar refractivity (Wildman–Crippen MR) is 80.2 cm³/mol. The molecule has 0 aliphatic carbocycles. The Bertz CT molecular complexity index is 607. The van der Waals surface area contributed by atoms with Crippen LogP contribution in [0.3, 0.4) is 0 Å². The van der Waals surface area contributed by atoms with Gasteiger partial charge in [0.05, 0.1) is 11.6 Å². The van der Waals surface area contributed by atoms with Crippen LogP contribution in [0.1, 0.15) is 28.3 Å². The van der Waals surface area contributed by atoms with Gasteiger partial charge in [0, 0.05) is 19.9 Å². The molecular weight excluding hydrogens is 351 g/mol. The molecule has 2 aromatic rings. The number of benzene rings is 1. The molecule has 1 N–H and O–H groups in total. The molecule has 1 aromatic carbocycles. The molecule has 1 nitrogen and oxygen atoms in total. The van der Waals surface area contributed by atoms with Crippen LogP contribution in [-0.2, 0) is 6.18 Å². The molecule has 0 saturated carbocycles. The summed E-state index contributed by atoms with van der Waals surface area (Å²) in [6, 6.07) is 8.13. The molecule has 6 heteroatoms. The molecule has 2 rings (SSSR count). The highest BCUT2D eigenvalue weighted by Crippen LogP contribution is 2.37. The third-order valence-corrected chi connectivity index (χ3v) is 4.72. The monoisotopic (exact) mass is 363 g/mol. The minimum absolute atomic E-state index is 0.0315. The first-order valence-electron chi connectivity index (χ1n) is 5.97. The molecule has 20 heavy (non-hydrogen) atoms. The van der Waals surface area contributed by atoms with Gasteiger partial charge in [0.1, 0.15) is 0 Å². The standard InChI is InChI=1S/C14H13BrF3NS/c1-8-3-6-13(20-8)9(2)19-10-4-5-12(15)11(7-10)14(16,17)18/h3-7,9,19H,1-2H3. The van der Waals surface area contributed by atoms with Gasteiger partial charge in [-0.15, -0.1) is 11.3 Å². The minimum Gasteiger partial charge on any atom is -0.378 e. The number of rotatable bonds is 3. The first-order valence-corrected chi connectivity index (χ1v) is 7.58. The normalized spacial score (nSPS) is 13.3. The maximum atomic E-state index is 12.8. The Kier molecular flexibility index (Phi) is 4.44. The van der Waals surface area contributed by atoms with Gasteiger partial charge < -0.3 is 5.32 Å². The van der Waals surface area contributed by atoms with E-state index >= 15 is 0 Å². The first kappa shape index (κ1) is 15.4. The lowest BCUT2D eigenvalue weighted by Gasteiger charge is -2.16. The van der Waals surface area contributed by atoms with Crippen molar-refractivity contribution in [1.82, 2.24) is 0 Å². The highest BCUT2D eigenvalue weighted by atomic mass is 79.9. The number of aryl methyl sites for hydroxylation is 1. The van der Waals surface area contributed by atoms with Crippen molar-refractivity contribution in [2.75, 3.05) is 5.32 Å². The predicted octanol–water partition coefficient (Wildman–Crippen LogP) is 6.01. The molecular formula is C14H13BrF3NS. The van der Waals surface area contributed by atoms with Crippen LogP contribution in [0.2, 0.25) is 0 Å². The second-order valence-corrected chi connectivity index (χ2v) is 6.68. The summed E-state index contributed by atoms with van der Waals surface area (Å²) in [5, 5.41) is 3.10. The molecule has 0 saturated heterocycles. The quantitative estimate of drug-likeness (QED) is 0.703. The average Bonchev–Trinajstić information content (AvgIpc) is 2.77. The van der Waals surface area contributed by atoms with Gasteiger partial charge in [0.2, 0.25) is 0 Å². The molecule has 0 spiro atoms. The second kappa shape index (κ2) is 5.77. The Balaban J connectivity index is 2.22. The third kappa shape index (κ3) is 3.55. The van der Waals surface area contributed by atoms with Crippen molar-refractivity contribution in [3.05, 3.63) is 50.1 Å². The van der Waals surface area contributed by atoms with Gasteiger partial charge in [-0.2, -0.15) is 13.2 Å². The van der Waals surface area contributed by atoms with Crippen LogP contribution in [0, 0.1) is 6.92 Å². The summed E-state index contributed by atoms with van der Waals surface area (Å²) >= 11 is 4.57. The van der Waals surface area contributed by atoms with Gasteiger partial charge in [-0.05, 0) is 44.2 Å². The van der Waals surface area contributed by atoms with Crippen molar-refractivity contribution in [2.24, 2.45) is 0 Å². The van der Waals surface area contributed by atoms with Gasteiger partial charge in [0.25, 0.3) is 0 Å². The van der Waals surface area contributed by atoms with Crippen molar-refractivity contribution >= 4 is 33.0 Å². The van der Waals surface area contributed by atoms with Crippen molar-refractivity contribution in [2.45, 2.75) is 26.1 Å². The molecule has 0 aliphatic rings. The topological polar surface area (TPSA) is 12.0 Å². The fourth-order valence-corrected chi connectivity index (χ4v) is 3.19. The lowest BCUT2D eigenvalue weighted by Crippen LogP contribution is -2.09. The van der Waals surface area contributed by atoms with E-state index in [0.29, 0.717) is 5.69 Å². The Morgan fingerprint density at radius 3 is 2.45 bits per heavy atom. The number of hydrogen-bond acceptors (Lipinski definition) is 2. The number of nitrogens with one attached hydrogen (secondary N) is 1. The number of hydrogen-bond donors (Lipinski definition) is 1. The number of alkyl halides is 3. The lowest BCUT2D eigenvalue weighted by atomic mass is 10.1. The van der Waals surface area contributed by atoms with Crippen LogP contribution >= 0.6 is 27.3 Å². The van der Waals surface area contributed by atoms with E-state index in [1.54, 1.807) is 17.4 Å². The third-order valence-electron chi connectivity index (χ3n) is 2.84. The maximum absolute atomic E-state index is 12.8. The van der Waals surface area contributed by atoms with E-state index in [9.17, 15) is 13.2 Å². The van der Waals surface area contributed by atoms with Crippen molar-refractivity contribution in [3.8, 4) is 0 Å². The van der Waals surface area contributed by atoms with E-state index < -0.39 is 11.7 Å². The molecule has 0 fully saturated rings. The number of halogens is 4. The fraction of sp³-hybridized carbons (Fsp3) is 0.286. The molecule has 1 atom stereocenters. The Labute approximate surface area is 128 Å². The van der Waals surface area contributed by atoms with E-state index in [0.717, 1.165) is 10.9 Å². The number of thiophene rings is 1. The zero-order valence-corrected chi connectivity index (χ0v) is 13.3. The molecule has 0 radical (unpaired) electrons. The van der Waals surface area contributed by atoms with E-state index in [2.05, 4.69) is 21.2 Å². The molecule has 1 unspecified atom stereocenters. The summed E-state index contributed by atoms with van der Waals surface area (Å²) in [4.78, 5) is 2.28. The van der Waals surface area contributed by atoms with Crippen LogP contribution in [0.4, 0.5) is 18.9 Å². The van der Waals surface area contributed by atoms with Crippen LogP contribution in [0.25, 0.3) is 0 Å². The largest absolute Gasteiger partial charge is 0.417 e. The fourth-order valence-electron chi connectivity index (χ4n) is 1.84. The SMILES string of the molecule is Cc1ccc(C(C)Nc2ccc(Br)c(C(F)(F)F)c2)s1. The van der Waals surface area contributed by atoms with Gasteiger partial charge in [-0.3, -0.25) is 0 Å². The first-order chi connectivity index (χ1) is 9.27. The summed E-state index contributed by atoms with van der Waals surface area (Å²) in [7, 11) is 0. The van der Waals surface area contributed by atoms with Crippen LogP contribution < -0.4 is 5.32 Å². The van der Waals surface area contributed by atoms with Gasteiger partial charge in [-0.25, -0.2) is 0 Å². The summed E-state index contributed by atoms with van der Waals surface area (Å²) in [6.07, 6.45) is -4.36. The smallest absolute Gasteiger partial charge is 0.378 e. The van der Waals surface area contributed by atoms with Crippen LogP contribution in [0.5, 0.6) is 0 Å². The summed E-state index contributed by atoms with van der Waals surface area (Å²) < 4.78 is 38.6. The van der Waals surface area contributed by atoms with Gasteiger partial charge in [-0.1, -0.05) is 15.9 Å². The molecule has 1 aromatic heterocycles. The van der Waals surface area contributed by atoms with Crippen LogP contribution in [0.15, 0.2) is 34.8 Å². The highest BCUT2D eigenvalue weighted by molar-refractivity contribution is 9.10. The highest BCUT2D eigenvalue weighted by Gasteiger charge is 2.33. The van der Waals surface area contributed by atoms with Crippen molar-refractivity contribution in [3.63, 3.8) is 0 Å². The van der Waals surface area contributed by atoms with Gasteiger partial charge >= 0.3 is 6.18 Å². The molecule has 1 heterocycles. The zero-order chi connectivity index (χ0) is 14.9. The summed E-state index contributed by atoms with van der Waals surface area (Å²) in [6.45, 7) is 3.93. The van der Waals surface area contributed by atoms with Gasteiger partial charge in [0.15, 0.2) is 0 Å². The molecule has 0 bridgehead atoms. The Hall–Kier alpha value is -1.01. The average molecular weight is 364 g/mol. The lowest BCUT2D eigenvalue weighted by molar-refractivity contribution is -0.138. The van der Waals surface area contributed by atoms with Crippen molar-refractivity contribution < 1.29 is 13.2 Å². The van der Waals surface area contributed by atoms with Crippen molar-refractivity contribution in [1.29, 1.82) is 0 Å². The summed E-state index contributed by atoms with van der Waals surface area (Å²) in [5.41, 5.74) is -0.212. The Morgan fingerprint density at radius 2 is 1.90 bits per heavy atom.